The molecule has 0 aromatic carbocycles. The van der Waals surface area contributed by atoms with Gasteiger partial charge in [-0.25, -0.2) is 8.78 Å². The summed E-state index contributed by atoms with van der Waals surface area (Å²) in [5.41, 5.74) is -1.61. The lowest BCUT2D eigenvalue weighted by atomic mass is 10.1. The van der Waals surface area contributed by atoms with Crippen LogP contribution in [0.4, 0.5) is 8.78 Å². The second-order valence-corrected chi connectivity index (χ2v) is 2.45. The van der Waals surface area contributed by atoms with Gasteiger partial charge in [-0.3, -0.25) is 14.6 Å². The summed E-state index contributed by atoms with van der Waals surface area (Å²) in [7, 11) is 1.13. The number of hydrogen-bond acceptors (Lipinski definition) is 3. The largest absolute Gasteiger partial charge is 0.482 e. The molecule has 0 amide bonds. The molecule has 1 heterocycles. The van der Waals surface area contributed by atoms with Gasteiger partial charge in [-0.1, -0.05) is 0 Å². The fourth-order valence-electron chi connectivity index (χ4n) is 1.05. The number of aromatic amines is 1. The average Bonchev–Trinajstić information content (AvgIpc) is 2.15. The van der Waals surface area contributed by atoms with E-state index in [-0.39, 0.29) is 17.7 Å². The van der Waals surface area contributed by atoms with Crippen molar-refractivity contribution in [1.82, 2.24) is 4.98 Å². The molecule has 0 saturated carbocycles. The Bertz CT molecular complexity index is 400. The molecule has 0 radical (unpaired) electrons. The first kappa shape index (κ1) is 10.4. The topological polar surface area (TPSA) is 59.2 Å². The number of methoxy groups -OCH3 is 1. The Hall–Kier alpha value is -1.72. The fraction of sp³-hybridized carbons (Fsp3) is 0.250. The minimum Gasteiger partial charge on any atom is -0.482 e. The summed E-state index contributed by atoms with van der Waals surface area (Å²) in [5, 5.41) is 0. The standard InChI is InChI=1S/C8H7F2NO3/c1-14-8-6(7(9)10)4(3-12)2-5(13)11-8/h2-3,7H,1H3,(H,11,13). The van der Waals surface area contributed by atoms with E-state index in [1.54, 1.807) is 0 Å². The SMILES string of the molecule is COc1[nH]c(=O)cc(C=O)c1C(F)F. The number of carbonyl (C=O) groups is 1. The molecular formula is C8H7F2NO3. The van der Waals surface area contributed by atoms with Gasteiger partial charge in [0.2, 0.25) is 5.88 Å². The molecule has 4 nitrogen and oxygen atoms in total. The number of aldehydes is 1. The average molecular weight is 203 g/mol. The molecule has 0 aliphatic carbocycles. The highest BCUT2D eigenvalue weighted by atomic mass is 19.3. The lowest BCUT2D eigenvalue weighted by molar-refractivity contribution is 0.110. The third kappa shape index (κ3) is 1.78. The van der Waals surface area contributed by atoms with Gasteiger partial charge in [-0.05, 0) is 0 Å². The van der Waals surface area contributed by atoms with Crippen molar-refractivity contribution in [1.29, 1.82) is 0 Å². The van der Waals surface area contributed by atoms with Gasteiger partial charge in [-0.2, -0.15) is 0 Å². The molecule has 0 aliphatic rings. The Kier molecular flexibility index (Phi) is 2.95. The second-order valence-electron chi connectivity index (χ2n) is 2.45. The van der Waals surface area contributed by atoms with Crippen LogP contribution in [0, 0.1) is 0 Å². The minimum absolute atomic E-state index is 0.194. The highest BCUT2D eigenvalue weighted by molar-refractivity contribution is 5.78. The summed E-state index contributed by atoms with van der Waals surface area (Å²) >= 11 is 0. The quantitative estimate of drug-likeness (QED) is 0.749. The summed E-state index contributed by atoms with van der Waals surface area (Å²) in [6.07, 6.45) is -2.68. The van der Waals surface area contributed by atoms with Crippen LogP contribution in [-0.2, 0) is 0 Å². The Morgan fingerprint density at radius 3 is 2.64 bits per heavy atom. The van der Waals surface area contributed by atoms with E-state index >= 15 is 0 Å². The zero-order chi connectivity index (χ0) is 10.7. The highest BCUT2D eigenvalue weighted by Gasteiger charge is 2.19. The Morgan fingerprint density at radius 2 is 2.21 bits per heavy atom. The third-order valence-electron chi connectivity index (χ3n) is 1.63. The van der Waals surface area contributed by atoms with E-state index in [1.165, 1.54) is 0 Å². The molecule has 0 unspecified atom stereocenters. The Balaban J connectivity index is 3.48. The monoisotopic (exact) mass is 203 g/mol. The van der Waals surface area contributed by atoms with Crippen molar-refractivity contribution in [2.24, 2.45) is 0 Å². The van der Waals surface area contributed by atoms with Crippen molar-refractivity contribution >= 4 is 6.29 Å². The number of H-pyrrole nitrogens is 1. The van der Waals surface area contributed by atoms with E-state index in [0.29, 0.717) is 0 Å². The third-order valence-corrected chi connectivity index (χ3v) is 1.63. The summed E-state index contributed by atoms with van der Waals surface area (Å²) in [6.45, 7) is 0. The smallest absolute Gasteiger partial charge is 0.269 e. The molecule has 0 aliphatic heterocycles. The first-order chi connectivity index (χ1) is 6.60. The maximum absolute atomic E-state index is 12.4. The van der Waals surface area contributed by atoms with Crippen LogP contribution in [0.1, 0.15) is 22.3 Å². The molecule has 1 aromatic heterocycles. The maximum atomic E-state index is 12.4. The maximum Gasteiger partial charge on any atom is 0.269 e. The van der Waals surface area contributed by atoms with Crippen molar-refractivity contribution in [3.63, 3.8) is 0 Å². The number of nitrogens with one attached hydrogen (secondary N) is 1. The van der Waals surface area contributed by atoms with Gasteiger partial charge in [-0.15, -0.1) is 0 Å². The van der Waals surface area contributed by atoms with Crippen LogP contribution in [-0.4, -0.2) is 18.4 Å². The van der Waals surface area contributed by atoms with Crippen LogP contribution in [0.3, 0.4) is 0 Å². The number of ether oxygens (including phenoxy) is 1. The molecule has 14 heavy (non-hydrogen) atoms. The normalized spacial score (nSPS) is 10.3. The van der Waals surface area contributed by atoms with Gasteiger partial charge in [0.1, 0.15) is 0 Å². The molecule has 1 aromatic rings. The van der Waals surface area contributed by atoms with Crippen LogP contribution >= 0.6 is 0 Å². The number of hydrogen-bond donors (Lipinski definition) is 1. The zero-order valence-electron chi connectivity index (χ0n) is 7.21. The molecule has 76 valence electrons. The van der Waals surface area contributed by atoms with E-state index in [0.717, 1.165) is 13.2 Å². The van der Waals surface area contributed by atoms with Crippen LogP contribution in [0.15, 0.2) is 10.9 Å². The minimum atomic E-state index is -2.87. The summed E-state index contributed by atoms with van der Waals surface area (Å²) in [5.74, 6) is -0.380. The van der Waals surface area contributed by atoms with Gasteiger partial charge < -0.3 is 4.74 Å². The van der Waals surface area contributed by atoms with Gasteiger partial charge in [0, 0.05) is 11.6 Å². The predicted molar refractivity (Wildman–Crippen MR) is 44.0 cm³/mol. The number of alkyl halides is 2. The lowest BCUT2D eigenvalue weighted by Gasteiger charge is -2.08. The van der Waals surface area contributed by atoms with Crippen molar-refractivity contribution in [3.05, 3.63) is 27.5 Å². The summed E-state index contributed by atoms with van der Waals surface area (Å²) in [4.78, 5) is 23.3. The number of pyridine rings is 1. The lowest BCUT2D eigenvalue weighted by Crippen LogP contribution is -2.11. The van der Waals surface area contributed by atoms with E-state index in [1.807, 2.05) is 0 Å². The molecule has 0 atom stereocenters. The summed E-state index contributed by atoms with van der Waals surface area (Å²) in [6, 6.07) is 0.803. The first-order valence-electron chi connectivity index (χ1n) is 3.64. The second kappa shape index (κ2) is 3.99. The molecule has 0 bridgehead atoms. The molecule has 0 fully saturated rings. The Morgan fingerprint density at radius 1 is 1.57 bits per heavy atom. The van der Waals surface area contributed by atoms with Crippen molar-refractivity contribution < 1.29 is 18.3 Å². The molecule has 1 rings (SSSR count). The first-order valence-corrected chi connectivity index (χ1v) is 3.64. The molecule has 1 N–H and O–H groups in total. The van der Waals surface area contributed by atoms with Gasteiger partial charge in [0.25, 0.3) is 12.0 Å². The van der Waals surface area contributed by atoms with Gasteiger partial charge >= 0.3 is 0 Å². The van der Waals surface area contributed by atoms with Gasteiger partial charge in [0.05, 0.1) is 12.7 Å². The summed E-state index contributed by atoms with van der Waals surface area (Å²) < 4.78 is 29.4. The van der Waals surface area contributed by atoms with E-state index in [2.05, 4.69) is 9.72 Å². The van der Waals surface area contributed by atoms with Crippen molar-refractivity contribution in [3.8, 4) is 5.88 Å². The molecular weight excluding hydrogens is 196 g/mol. The highest BCUT2D eigenvalue weighted by Crippen LogP contribution is 2.28. The number of rotatable bonds is 3. The number of aromatic nitrogens is 1. The molecule has 0 saturated heterocycles. The molecule has 6 heteroatoms. The fourth-order valence-corrected chi connectivity index (χ4v) is 1.05. The number of carbonyl (C=O) groups excluding carboxylic acids is 1. The van der Waals surface area contributed by atoms with Crippen molar-refractivity contribution in [2.75, 3.05) is 7.11 Å². The zero-order valence-corrected chi connectivity index (χ0v) is 7.21. The van der Waals surface area contributed by atoms with Crippen molar-refractivity contribution in [2.45, 2.75) is 6.43 Å². The van der Waals surface area contributed by atoms with E-state index in [9.17, 15) is 18.4 Å². The number of halogens is 2. The van der Waals surface area contributed by atoms with Crippen LogP contribution in [0.5, 0.6) is 5.88 Å². The van der Waals surface area contributed by atoms with Crippen LogP contribution in [0.2, 0.25) is 0 Å². The molecule has 0 spiro atoms. The van der Waals surface area contributed by atoms with E-state index in [4.69, 9.17) is 0 Å². The predicted octanol–water partition coefficient (Wildman–Crippen LogP) is 1.13. The van der Waals surface area contributed by atoms with Gasteiger partial charge in [0.15, 0.2) is 6.29 Å². The van der Waals surface area contributed by atoms with Crippen LogP contribution in [0.25, 0.3) is 0 Å². The van der Waals surface area contributed by atoms with E-state index < -0.39 is 17.5 Å². The Labute approximate surface area is 77.5 Å². The van der Waals surface area contributed by atoms with Crippen LogP contribution < -0.4 is 10.3 Å².